The number of likely N-dealkylation sites (N-methyl/N-ethyl adjacent to an activating group) is 1. The van der Waals surface area contributed by atoms with E-state index in [9.17, 15) is 4.79 Å². The number of carbonyl (C=O) groups is 1. The summed E-state index contributed by atoms with van der Waals surface area (Å²) in [4.78, 5) is 16.7. The maximum atomic E-state index is 12.5. The minimum absolute atomic E-state index is 0.0887. The molecule has 0 spiro atoms. The highest BCUT2D eigenvalue weighted by atomic mass is 127. The molecular formula is C14H19BrIN3O. The SMILES string of the molecule is CN(CCN1CCNCC1)C(=O)c1cc(Br)ccc1I. The largest absolute Gasteiger partial charge is 0.340 e. The molecule has 2 rings (SSSR count). The summed E-state index contributed by atoms with van der Waals surface area (Å²) in [7, 11) is 1.88. The molecule has 0 radical (unpaired) electrons. The monoisotopic (exact) mass is 451 g/mol. The van der Waals surface area contributed by atoms with Gasteiger partial charge >= 0.3 is 0 Å². The number of carbonyl (C=O) groups excluding carboxylic acids is 1. The van der Waals surface area contributed by atoms with E-state index in [1.54, 1.807) is 0 Å². The normalized spacial score (nSPS) is 16.1. The van der Waals surface area contributed by atoms with Gasteiger partial charge in [-0.2, -0.15) is 0 Å². The molecule has 1 aromatic carbocycles. The molecule has 1 aliphatic heterocycles. The lowest BCUT2D eigenvalue weighted by Gasteiger charge is -2.29. The first-order chi connectivity index (χ1) is 9.58. The number of nitrogens with one attached hydrogen (secondary N) is 1. The molecule has 1 saturated heterocycles. The summed E-state index contributed by atoms with van der Waals surface area (Å²) in [6.45, 7) is 5.92. The first kappa shape index (κ1) is 16.2. The lowest BCUT2D eigenvalue weighted by molar-refractivity contribution is 0.0773. The van der Waals surface area contributed by atoms with Crippen LogP contribution in [0.4, 0.5) is 0 Å². The van der Waals surface area contributed by atoms with Crippen LogP contribution in [0.5, 0.6) is 0 Å². The van der Waals surface area contributed by atoms with Crippen molar-refractivity contribution in [3.8, 4) is 0 Å². The number of hydrogen-bond acceptors (Lipinski definition) is 3. The van der Waals surface area contributed by atoms with Crippen molar-refractivity contribution >= 4 is 44.4 Å². The molecule has 0 bridgehead atoms. The quantitative estimate of drug-likeness (QED) is 0.711. The summed E-state index contributed by atoms with van der Waals surface area (Å²) < 4.78 is 1.93. The van der Waals surface area contributed by atoms with E-state index in [1.165, 1.54) is 0 Å². The zero-order valence-corrected chi connectivity index (χ0v) is 15.3. The standard InChI is InChI=1S/C14H19BrIN3O/c1-18(8-9-19-6-4-17-5-7-19)14(20)12-10-11(15)2-3-13(12)16/h2-3,10,17H,4-9H2,1H3. The topological polar surface area (TPSA) is 35.6 Å². The number of benzene rings is 1. The van der Waals surface area contributed by atoms with Gasteiger partial charge in [0.25, 0.3) is 5.91 Å². The van der Waals surface area contributed by atoms with Crippen molar-refractivity contribution in [3.05, 3.63) is 31.8 Å². The Morgan fingerprint density at radius 1 is 1.45 bits per heavy atom. The van der Waals surface area contributed by atoms with Crippen molar-refractivity contribution in [1.29, 1.82) is 0 Å². The van der Waals surface area contributed by atoms with Crippen LogP contribution in [0.2, 0.25) is 0 Å². The average Bonchev–Trinajstić information content (AvgIpc) is 2.47. The van der Waals surface area contributed by atoms with Gasteiger partial charge in [0.05, 0.1) is 5.56 Å². The highest BCUT2D eigenvalue weighted by molar-refractivity contribution is 14.1. The smallest absolute Gasteiger partial charge is 0.254 e. The number of hydrogen-bond donors (Lipinski definition) is 1. The molecule has 0 atom stereocenters. The van der Waals surface area contributed by atoms with Gasteiger partial charge in [-0.1, -0.05) is 15.9 Å². The first-order valence-electron chi connectivity index (χ1n) is 6.71. The van der Waals surface area contributed by atoms with E-state index in [0.29, 0.717) is 0 Å². The Kier molecular flexibility index (Phi) is 6.25. The number of rotatable bonds is 4. The molecule has 1 amide bonds. The average molecular weight is 452 g/mol. The molecular weight excluding hydrogens is 433 g/mol. The highest BCUT2D eigenvalue weighted by Gasteiger charge is 2.17. The lowest BCUT2D eigenvalue weighted by Crippen LogP contribution is -2.46. The lowest BCUT2D eigenvalue weighted by atomic mass is 10.2. The highest BCUT2D eigenvalue weighted by Crippen LogP contribution is 2.19. The van der Waals surface area contributed by atoms with Gasteiger partial charge in [0.2, 0.25) is 0 Å². The molecule has 0 saturated carbocycles. The molecule has 1 heterocycles. The number of nitrogens with zero attached hydrogens (tertiary/aromatic N) is 2. The van der Waals surface area contributed by atoms with Crippen LogP contribution < -0.4 is 5.32 Å². The fraction of sp³-hybridized carbons (Fsp3) is 0.500. The number of piperazine rings is 1. The molecule has 6 heteroatoms. The fourth-order valence-corrected chi connectivity index (χ4v) is 3.12. The predicted molar refractivity (Wildman–Crippen MR) is 93.1 cm³/mol. The van der Waals surface area contributed by atoms with E-state index < -0.39 is 0 Å². The summed E-state index contributed by atoms with van der Waals surface area (Å²) in [5.41, 5.74) is 0.766. The van der Waals surface area contributed by atoms with E-state index in [0.717, 1.165) is 52.9 Å². The second-order valence-electron chi connectivity index (χ2n) is 4.94. The summed E-state index contributed by atoms with van der Waals surface area (Å²) in [6.07, 6.45) is 0. The third kappa shape index (κ3) is 4.41. The van der Waals surface area contributed by atoms with Crippen molar-refractivity contribution in [2.45, 2.75) is 0 Å². The molecule has 0 aromatic heterocycles. The molecule has 1 aromatic rings. The van der Waals surface area contributed by atoms with Crippen molar-refractivity contribution < 1.29 is 4.79 Å². The van der Waals surface area contributed by atoms with Gasteiger partial charge in [0.1, 0.15) is 0 Å². The van der Waals surface area contributed by atoms with Gasteiger partial charge < -0.3 is 10.2 Å². The minimum atomic E-state index is 0.0887. The molecule has 4 nitrogen and oxygen atoms in total. The predicted octanol–water partition coefficient (Wildman–Crippen LogP) is 2.03. The van der Waals surface area contributed by atoms with Gasteiger partial charge in [0, 0.05) is 54.4 Å². The van der Waals surface area contributed by atoms with Gasteiger partial charge in [-0.15, -0.1) is 0 Å². The van der Waals surface area contributed by atoms with E-state index in [2.05, 4.69) is 48.7 Å². The Morgan fingerprint density at radius 3 is 2.85 bits per heavy atom. The Hall–Kier alpha value is -0.180. The van der Waals surface area contributed by atoms with Crippen molar-refractivity contribution in [2.75, 3.05) is 46.3 Å². The Labute approximate surface area is 142 Å². The second-order valence-corrected chi connectivity index (χ2v) is 7.02. The Balaban J connectivity index is 1.92. The van der Waals surface area contributed by atoms with Crippen molar-refractivity contribution in [3.63, 3.8) is 0 Å². The zero-order valence-electron chi connectivity index (χ0n) is 11.5. The molecule has 0 aliphatic carbocycles. The molecule has 1 fully saturated rings. The van der Waals surface area contributed by atoms with Crippen LogP contribution in [0, 0.1) is 3.57 Å². The summed E-state index contributed by atoms with van der Waals surface area (Å²) in [5, 5.41) is 3.34. The van der Waals surface area contributed by atoms with Gasteiger partial charge in [-0.25, -0.2) is 0 Å². The molecule has 1 aliphatic rings. The third-order valence-electron chi connectivity index (χ3n) is 3.47. The molecule has 0 unspecified atom stereocenters. The molecule has 1 N–H and O–H groups in total. The third-order valence-corrected chi connectivity index (χ3v) is 4.90. The Morgan fingerprint density at radius 2 is 2.15 bits per heavy atom. The maximum Gasteiger partial charge on any atom is 0.254 e. The van der Waals surface area contributed by atoms with Gasteiger partial charge in [-0.05, 0) is 40.8 Å². The zero-order chi connectivity index (χ0) is 14.5. The molecule has 20 heavy (non-hydrogen) atoms. The number of amides is 1. The summed E-state index contributed by atoms with van der Waals surface area (Å²) in [6, 6.07) is 5.81. The minimum Gasteiger partial charge on any atom is -0.340 e. The van der Waals surface area contributed by atoms with Crippen LogP contribution in [0.1, 0.15) is 10.4 Å². The second kappa shape index (κ2) is 7.72. The van der Waals surface area contributed by atoms with Crippen LogP contribution in [0.15, 0.2) is 22.7 Å². The summed E-state index contributed by atoms with van der Waals surface area (Å²) >= 11 is 5.64. The van der Waals surface area contributed by atoms with Crippen LogP contribution in [0.3, 0.4) is 0 Å². The summed E-state index contributed by atoms with van der Waals surface area (Å²) in [5.74, 6) is 0.0887. The van der Waals surface area contributed by atoms with Gasteiger partial charge in [0.15, 0.2) is 0 Å². The van der Waals surface area contributed by atoms with Crippen LogP contribution >= 0.6 is 38.5 Å². The fourth-order valence-electron chi connectivity index (χ4n) is 2.19. The van der Waals surface area contributed by atoms with E-state index in [4.69, 9.17) is 0 Å². The van der Waals surface area contributed by atoms with Crippen LogP contribution in [0.25, 0.3) is 0 Å². The first-order valence-corrected chi connectivity index (χ1v) is 8.58. The number of halogens is 2. The van der Waals surface area contributed by atoms with E-state index in [-0.39, 0.29) is 5.91 Å². The van der Waals surface area contributed by atoms with Crippen molar-refractivity contribution in [1.82, 2.24) is 15.1 Å². The van der Waals surface area contributed by atoms with Gasteiger partial charge in [-0.3, -0.25) is 9.69 Å². The Bertz CT molecular complexity index is 477. The van der Waals surface area contributed by atoms with E-state index in [1.807, 2.05) is 30.1 Å². The maximum absolute atomic E-state index is 12.5. The van der Waals surface area contributed by atoms with Crippen molar-refractivity contribution in [2.24, 2.45) is 0 Å². The molecule has 110 valence electrons. The van der Waals surface area contributed by atoms with Crippen LogP contribution in [-0.2, 0) is 0 Å². The van der Waals surface area contributed by atoms with E-state index >= 15 is 0 Å². The van der Waals surface area contributed by atoms with Crippen LogP contribution in [-0.4, -0.2) is 62.0 Å².